The molecule has 2 aromatic rings. The van der Waals surface area contributed by atoms with E-state index in [2.05, 4.69) is 5.32 Å². The summed E-state index contributed by atoms with van der Waals surface area (Å²) in [4.78, 5) is 13.1. The van der Waals surface area contributed by atoms with Gasteiger partial charge in [0.2, 0.25) is 5.91 Å². The van der Waals surface area contributed by atoms with E-state index >= 15 is 0 Å². The molecule has 6 heteroatoms. The molecule has 154 valence electrons. The maximum Gasteiger partial charge on any atom is 0.264 e. The zero-order chi connectivity index (χ0) is 20.6. The molecule has 2 aliphatic carbocycles. The molecule has 4 rings (SSSR count). The highest BCUT2D eigenvalue weighted by Crippen LogP contribution is 2.44. The first-order valence-corrected chi connectivity index (χ1v) is 11.7. The van der Waals surface area contributed by atoms with Crippen molar-refractivity contribution >= 4 is 21.6 Å². The van der Waals surface area contributed by atoms with Gasteiger partial charge in [0.15, 0.2) is 0 Å². The lowest BCUT2D eigenvalue weighted by molar-refractivity contribution is -0.120. The van der Waals surface area contributed by atoms with Crippen molar-refractivity contribution in [3.63, 3.8) is 0 Å². The van der Waals surface area contributed by atoms with E-state index in [1.54, 1.807) is 30.3 Å². The molecule has 1 N–H and O–H groups in total. The highest BCUT2D eigenvalue weighted by molar-refractivity contribution is 7.92. The quantitative estimate of drug-likeness (QED) is 0.785. The summed E-state index contributed by atoms with van der Waals surface area (Å²) in [6.07, 6.45) is 4.63. The van der Waals surface area contributed by atoms with Gasteiger partial charge < -0.3 is 5.32 Å². The molecule has 2 bridgehead atoms. The first kappa shape index (κ1) is 20.0. The maximum atomic E-state index is 13.4. The molecule has 29 heavy (non-hydrogen) atoms. The minimum absolute atomic E-state index is 0.182. The van der Waals surface area contributed by atoms with Crippen molar-refractivity contribution in [3.8, 4) is 0 Å². The zero-order valence-corrected chi connectivity index (χ0v) is 17.8. The van der Waals surface area contributed by atoms with E-state index in [0.717, 1.165) is 17.5 Å². The number of benzene rings is 2. The second-order valence-corrected chi connectivity index (χ2v) is 10.4. The zero-order valence-electron chi connectivity index (χ0n) is 17.0. The minimum atomic E-state index is -3.85. The second kappa shape index (κ2) is 7.82. The van der Waals surface area contributed by atoms with E-state index in [1.165, 1.54) is 23.6 Å². The predicted molar refractivity (Wildman–Crippen MR) is 114 cm³/mol. The predicted octanol–water partition coefficient (Wildman–Crippen LogP) is 3.80. The highest BCUT2D eigenvalue weighted by atomic mass is 32.2. The molecule has 0 spiro atoms. The summed E-state index contributed by atoms with van der Waals surface area (Å²) in [5.41, 5.74) is 2.44. The van der Waals surface area contributed by atoms with Crippen LogP contribution in [0.3, 0.4) is 0 Å². The Bertz CT molecular complexity index is 984. The van der Waals surface area contributed by atoms with Gasteiger partial charge in [0, 0.05) is 6.04 Å². The molecule has 0 heterocycles. The lowest BCUT2D eigenvalue weighted by Crippen LogP contribution is -2.46. The summed E-state index contributed by atoms with van der Waals surface area (Å²) in [5, 5.41) is 3.12. The van der Waals surface area contributed by atoms with E-state index in [4.69, 9.17) is 0 Å². The largest absolute Gasteiger partial charge is 0.352 e. The first-order valence-electron chi connectivity index (χ1n) is 10.3. The molecule has 3 atom stereocenters. The number of carbonyl (C=O) groups excluding carboxylic acids is 1. The van der Waals surface area contributed by atoms with E-state index in [1.807, 2.05) is 32.0 Å². The molecular formula is C23H28N2O3S. The Morgan fingerprint density at radius 2 is 1.72 bits per heavy atom. The van der Waals surface area contributed by atoms with Gasteiger partial charge in [-0.2, -0.15) is 0 Å². The number of fused-ring (bicyclic) bond motifs is 2. The Kier molecular flexibility index (Phi) is 5.38. The van der Waals surface area contributed by atoms with Crippen LogP contribution in [0.5, 0.6) is 0 Å². The summed E-state index contributed by atoms with van der Waals surface area (Å²) < 4.78 is 28.0. The highest BCUT2D eigenvalue weighted by Gasteiger charge is 2.40. The number of nitrogens with zero attached hydrogens (tertiary/aromatic N) is 1. The van der Waals surface area contributed by atoms with Gasteiger partial charge in [0.25, 0.3) is 10.0 Å². The van der Waals surface area contributed by atoms with Crippen molar-refractivity contribution < 1.29 is 13.2 Å². The maximum absolute atomic E-state index is 13.4. The molecule has 2 fully saturated rings. The molecule has 0 aromatic heterocycles. The van der Waals surface area contributed by atoms with E-state index in [9.17, 15) is 13.2 Å². The number of rotatable bonds is 6. The van der Waals surface area contributed by atoms with Crippen LogP contribution in [-0.2, 0) is 14.8 Å². The third-order valence-corrected chi connectivity index (χ3v) is 7.99. The van der Waals surface area contributed by atoms with Crippen molar-refractivity contribution in [3.05, 3.63) is 59.7 Å². The van der Waals surface area contributed by atoms with E-state index in [-0.39, 0.29) is 23.4 Å². The minimum Gasteiger partial charge on any atom is -0.352 e. The molecule has 0 unspecified atom stereocenters. The van der Waals surface area contributed by atoms with E-state index in [0.29, 0.717) is 17.5 Å². The van der Waals surface area contributed by atoms with Crippen molar-refractivity contribution in [1.29, 1.82) is 0 Å². The second-order valence-electron chi connectivity index (χ2n) is 8.52. The van der Waals surface area contributed by atoms with Crippen LogP contribution in [0.1, 0.15) is 36.8 Å². The Balaban J connectivity index is 1.62. The van der Waals surface area contributed by atoms with Gasteiger partial charge in [0.05, 0.1) is 10.6 Å². The number of hydrogen-bond acceptors (Lipinski definition) is 3. The van der Waals surface area contributed by atoms with Gasteiger partial charge in [-0.05, 0) is 80.3 Å². The van der Waals surface area contributed by atoms with Gasteiger partial charge in [0.1, 0.15) is 6.54 Å². The Hall–Kier alpha value is -2.34. The number of anilines is 1. The molecule has 2 aromatic carbocycles. The summed E-state index contributed by atoms with van der Waals surface area (Å²) in [6, 6.07) is 14.1. The summed E-state index contributed by atoms with van der Waals surface area (Å²) in [6.45, 7) is 3.65. The lowest BCUT2D eigenvalue weighted by atomic mass is 9.95. The molecule has 0 saturated heterocycles. The van der Waals surface area contributed by atoms with Crippen LogP contribution < -0.4 is 9.62 Å². The molecule has 0 aliphatic heterocycles. The topological polar surface area (TPSA) is 66.5 Å². The van der Waals surface area contributed by atoms with Gasteiger partial charge in [-0.1, -0.05) is 30.7 Å². The SMILES string of the molecule is Cc1cc(C)cc(N(CC(=O)N[C@H]2C[C@@H]3CC[C@@H]2C3)S(=O)(=O)c2ccccc2)c1. The van der Waals surface area contributed by atoms with Crippen molar-refractivity contribution in [2.45, 2.75) is 50.5 Å². The number of hydrogen-bond donors (Lipinski definition) is 1. The van der Waals surface area contributed by atoms with Crippen molar-refractivity contribution in [2.24, 2.45) is 11.8 Å². The lowest BCUT2D eigenvalue weighted by Gasteiger charge is -2.27. The van der Waals surface area contributed by atoms with Crippen LogP contribution in [0.2, 0.25) is 0 Å². The van der Waals surface area contributed by atoms with Crippen LogP contribution >= 0.6 is 0 Å². The number of carbonyl (C=O) groups is 1. The molecule has 2 aliphatic rings. The van der Waals surface area contributed by atoms with Crippen LogP contribution in [0.25, 0.3) is 0 Å². The Morgan fingerprint density at radius 1 is 1.03 bits per heavy atom. The van der Waals surface area contributed by atoms with Gasteiger partial charge in [-0.3, -0.25) is 9.10 Å². The van der Waals surface area contributed by atoms with Crippen LogP contribution in [-0.4, -0.2) is 26.9 Å². The van der Waals surface area contributed by atoms with Crippen LogP contribution in [0.15, 0.2) is 53.4 Å². The number of aryl methyl sites for hydroxylation is 2. The first-order chi connectivity index (χ1) is 13.8. The molecule has 5 nitrogen and oxygen atoms in total. The third kappa shape index (κ3) is 4.17. The molecule has 2 saturated carbocycles. The average molecular weight is 413 g/mol. The van der Waals surface area contributed by atoms with Crippen molar-refractivity contribution in [2.75, 3.05) is 10.8 Å². The van der Waals surface area contributed by atoms with Crippen LogP contribution in [0.4, 0.5) is 5.69 Å². The van der Waals surface area contributed by atoms with Crippen LogP contribution in [0, 0.1) is 25.7 Å². The number of nitrogens with one attached hydrogen (secondary N) is 1. The van der Waals surface area contributed by atoms with Crippen molar-refractivity contribution in [1.82, 2.24) is 5.32 Å². The fourth-order valence-corrected chi connectivity index (χ4v) is 6.36. The Labute approximate surface area is 173 Å². The third-order valence-electron chi connectivity index (χ3n) is 6.20. The summed E-state index contributed by atoms with van der Waals surface area (Å²) in [7, 11) is -3.85. The van der Waals surface area contributed by atoms with E-state index < -0.39 is 10.0 Å². The monoisotopic (exact) mass is 412 g/mol. The summed E-state index contributed by atoms with van der Waals surface area (Å²) >= 11 is 0. The Morgan fingerprint density at radius 3 is 2.31 bits per heavy atom. The smallest absolute Gasteiger partial charge is 0.264 e. The molecular weight excluding hydrogens is 384 g/mol. The van der Waals surface area contributed by atoms with Gasteiger partial charge >= 0.3 is 0 Å². The standard InChI is InChI=1S/C23H28N2O3S/c1-16-10-17(2)12-20(11-16)25(29(27,28)21-6-4-3-5-7-21)15-23(26)24-22-14-18-8-9-19(22)13-18/h3-7,10-12,18-19,22H,8-9,13-15H2,1-2H3,(H,24,26)/t18-,19-,22+/m1/s1. The summed E-state index contributed by atoms with van der Waals surface area (Å²) in [5.74, 6) is 1.03. The normalized spacial score (nSPS) is 23.2. The van der Waals surface area contributed by atoms with Gasteiger partial charge in [-0.25, -0.2) is 8.42 Å². The van der Waals surface area contributed by atoms with Gasteiger partial charge in [-0.15, -0.1) is 0 Å². The molecule has 1 amide bonds. The fraction of sp³-hybridized carbons (Fsp3) is 0.435. The average Bonchev–Trinajstić information content (AvgIpc) is 3.29. The number of amides is 1. The fourth-order valence-electron chi connectivity index (χ4n) is 4.93. The molecule has 0 radical (unpaired) electrons. The number of sulfonamides is 1.